The molecule has 0 amide bonds. The zero-order valence-electron chi connectivity index (χ0n) is 12.8. The highest BCUT2D eigenvalue weighted by Gasteiger charge is 2.00. The predicted octanol–water partition coefficient (Wildman–Crippen LogP) is 4.43. The summed E-state index contributed by atoms with van der Waals surface area (Å²) in [6.07, 6.45) is 0.874. The predicted molar refractivity (Wildman–Crippen MR) is 110 cm³/mol. The molecule has 0 aliphatic carbocycles. The van der Waals surface area contributed by atoms with Gasteiger partial charge < -0.3 is 11.1 Å². The number of hydrogen-bond acceptors (Lipinski definition) is 1. The Morgan fingerprint density at radius 1 is 0.870 bits per heavy atom. The molecular weight excluding hydrogens is 397 g/mol. The quantitative estimate of drug-likeness (QED) is 0.375. The largest absolute Gasteiger partial charge is 0.370 e. The number of rotatable bonds is 4. The van der Waals surface area contributed by atoms with Crippen molar-refractivity contribution in [3.8, 4) is 0 Å². The lowest BCUT2D eigenvalue weighted by molar-refractivity contribution is 0.973. The van der Waals surface area contributed by atoms with Crippen LogP contribution in [0.3, 0.4) is 0 Å². The van der Waals surface area contributed by atoms with Crippen LogP contribution in [-0.2, 0) is 6.42 Å². The lowest BCUT2D eigenvalue weighted by Gasteiger charge is -2.07. The molecule has 23 heavy (non-hydrogen) atoms. The number of para-hydroxylation sites is 1. The SMILES string of the molecule is I.NC(=NCCc1cccc2ccccc12)Nc1ccccc1. The average molecular weight is 417 g/mol. The van der Waals surface area contributed by atoms with Crippen molar-refractivity contribution in [1.29, 1.82) is 0 Å². The number of anilines is 1. The molecule has 3 rings (SSSR count). The topological polar surface area (TPSA) is 50.4 Å². The van der Waals surface area contributed by atoms with Gasteiger partial charge in [-0.2, -0.15) is 0 Å². The second kappa shape index (κ2) is 8.53. The van der Waals surface area contributed by atoms with Gasteiger partial charge >= 0.3 is 0 Å². The maximum Gasteiger partial charge on any atom is 0.193 e. The fourth-order valence-electron chi connectivity index (χ4n) is 2.52. The molecule has 0 unspecified atom stereocenters. The Labute approximate surface area is 153 Å². The molecule has 3 aromatic carbocycles. The van der Waals surface area contributed by atoms with Crippen LogP contribution >= 0.6 is 24.0 Å². The summed E-state index contributed by atoms with van der Waals surface area (Å²) in [6.45, 7) is 0.666. The van der Waals surface area contributed by atoms with Crippen LogP contribution in [-0.4, -0.2) is 12.5 Å². The van der Waals surface area contributed by atoms with Gasteiger partial charge in [0, 0.05) is 12.2 Å². The smallest absolute Gasteiger partial charge is 0.193 e. The van der Waals surface area contributed by atoms with E-state index in [0.29, 0.717) is 12.5 Å². The van der Waals surface area contributed by atoms with Crippen molar-refractivity contribution in [3.05, 3.63) is 78.4 Å². The number of nitrogens with two attached hydrogens (primary N) is 1. The number of nitrogens with zero attached hydrogens (tertiary/aromatic N) is 1. The normalized spacial score (nSPS) is 11.0. The van der Waals surface area contributed by atoms with Crippen LogP contribution in [0.15, 0.2) is 77.8 Å². The zero-order chi connectivity index (χ0) is 15.2. The van der Waals surface area contributed by atoms with E-state index in [2.05, 4.69) is 52.8 Å². The van der Waals surface area contributed by atoms with Crippen LogP contribution in [0.5, 0.6) is 0 Å². The molecule has 118 valence electrons. The molecule has 0 bridgehead atoms. The molecule has 0 aromatic heterocycles. The molecule has 4 heteroatoms. The Morgan fingerprint density at radius 2 is 1.57 bits per heavy atom. The van der Waals surface area contributed by atoms with Gasteiger partial charge in [-0.15, -0.1) is 24.0 Å². The van der Waals surface area contributed by atoms with E-state index in [1.807, 2.05) is 30.3 Å². The van der Waals surface area contributed by atoms with Gasteiger partial charge in [-0.25, -0.2) is 0 Å². The maximum atomic E-state index is 5.92. The Bertz CT molecular complexity index is 779. The standard InChI is InChI=1S/C19H19N3.HI/c20-19(22-17-10-2-1-3-11-17)21-14-13-16-9-6-8-15-7-4-5-12-18(15)16;/h1-12H,13-14H2,(H3,20,21,22);1H. The van der Waals surface area contributed by atoms with Gasteiger partial charge in [-0.3, -0.25) is 4.99 Å². The Kier molecular flexibility index (Phi) is 6.40. The van der Waals surface area contributed by atoms with Crippen LogP contribution in [0.2, 0.25) is 0 Å². The molecule has 3 N–H and O–H groups in total. The van der Waals surface area contributed by atoms with Gasteiger partial charge in [0.25, 0.3) is 0 Å². The molecular formula is C19H20IN3. The first-order valence-electron chi connectivity index (χ1n) is 7.41. The van der Waals surface area contributed by atoms with Crippen molar-refractivity contribution in [2.45, 2.75) is 6.42 Å². The molecule has 0 atom stereocenters. The maximum absolute atomic E-state index is 5.92. The molecule has 0 radical (unpaired) electrons. The molecule has 0 saturated heterocycles. The van der Waals surface area contributed by atoms with Crippen molar-refractivity contribution in [1.82, 2.24) is 0 Å². The number of nitrogens with one attached hydrogen (secondary N) is 1. The van der Waals surface area contributed by atoms with Gasteiger partial charge in [-0.05, 0) is 34.9 Å². The van der Waals surface area contributed by atoms with Crippen LogP contribution in [0.1, 0.15) is 5.56 Å². The van der Waals surface area contributed by atoms with Gasteiger partial charge in [0.1, 0.15) is 0 Å². The van der Waals surface area contributed by atoms with Gasteiger partial charge in [0.15, 0.2) is 5.96 Å². The molecule has 0 heterocycles. The van der Waals surface area contributed by atoms with E-state index in [4.69, 9.17) is 5.73 Å². The first-order chi connectivity index (χ1) is 10.8. The second-order valence-corrected chi connectivity index (χ2v) is 5.15. The highest BCUT2D eigenvalue weighted by Crippen LogP contribution is 2.18. The summed E-state index contributed by atoms with van der Waals surface area (Å²) in [5, 5.41) is 5.64. The van der Waals surface area contributed by atoms with Crippen LogP contribution in [0.25, 0.3) is 10.8 Å². The zero-order valence-corrected chi connectivity index (χ0v) is 15.1. The fourth-order valence-corrected chi connectivity index (χ4v) is 2.52. The molecule has 0 aliphatic heterocycles. The minimum atomic E-state index is 0. The minimum absolute atomic E-state index is 0. The molecule has 0 fully saturated rings. The summed E-state index contributed by atoms with van der Waals surface area (Å²) in [4.78, 5) is 4.40. The van der Waals surface area contributed by atoms with E-state index in [1.165, 1.54) is 16.3 Å². The lowest BCUT2D eigenvalue weighted by atomic mass is 10.0. The van der Waals surface area contributed by atoms with Crippen molar-refractivity contribution >= 4 is 46.4 Å². The number of hydrogen-bond donors (Lipinski definition) is 2. The highest BCUT2D eigenvalue weighted by atomic mass is 127. The molecule has 0 saturated carbocycles. The summed E-state index contributed by atoms with van der Waals surface area (Å²) in [5.41, 5.74) is 8.17. The van der Waals surface area contributed by atoms with E-state index in [9.17, 15) is 0 Å². The summed E-state index contributed by atoms with van der Waals surface area (Å²) in [6, 6.07) is 24.6. The van der Waals surface area contributed by atoms with E-state index < -0.39 is 0 Å². The third-order valence-electron chi connectivity index (χ3n) is 3.59. The van der Waals surface area contributed by atoms with Crippen LogP contribution in [0.4, 0.5) is 5.69 Å². The van der Waals surface area contributed by atoms with Gasteiger partial charge in [0.2, 0.25) is 0 Å². The molecule has 3 aromatic rings. The molecule has 3 nitrogen and oxygen atoms in total. The second-order valence-electron chi connectivity index (χ2n) is 5.15. The van der Waals surface area contributed by atoms with Gasteiger partial charge in [0.05, 0.1) is 0 Å². The summed E-state index contributed by atoms with van der Waals surface area (Å²) in [7, 11) is 0. The number of guanidine groups is 1. The van der Waals surface area contributed by atoms with Gasteiger partial charge in [-0.1, -0.05) is 60.7 Å². The Morgan fingerprint density at radius 3 is 2.39 bits per heavy atom. The number of benzene rings is 3. The Balaban J connectivity index is 0.00000192. The third-order valence-corrected chi connectivity index (χ3v) is 3.59. The van der Waals surface area contributed by atoms with E-state index in [1.54, 1.807) is 0 Å². The average Bonchev–Trinajstić information content (AvgIpc) is 2.56. The monoisotopic (exact) mass is 417 g/mol. The third kappa shape index (κ3) is 4.69. The van der Waals surface area contributed by atoms with Crippen LogP contribution < -0.4 is 11.1 Å². The van der Waals surface area contributed by atoms with Crippen molar-refractivity contribution < 1.29 is 0 Å². The number of halogens is 1. The summed E-state index contributed by atoms with van der Waals surface area (Å²) < 4.78 is 0. The molecule has 0 aliphatic rings. The number of fused-ring (bicyclic) bond motifs is 1. The van der Waals surface area contributed by atoms with Crippen molar-refractivity contribution in [2.24, 2.45) is 10.7 Å². The van der Waals surface area contributed by atoms with Crippen molar-refractivity contribution in [2.75, 3.05) is 11.9 Å². The highest BCUT2D eigenvalue weighted by molar-refractivity contribution is 14.0. The van der Waals surface area contributed by atoms with E-state index in [-0.39, 0.29) is 24.0 Å². The fraction of sp³-hybridized carbons (Fsp3) is 0.105. The van der Waals surface area contributed by atoms with Crippen LogP contribution in [0, 0.1) is 0 Å². The van der Waals surface area contributed by atoms with Crippen molar-refractivity contribution in [3.63, 3.8) is 0 Å². The van der Waals surface area contributed by atoms with E-state index >= 15 is 0 Å². The summed E-state index contributed by atoms with van der Waals surface area (Å²) in [5.74, 6) is 0.450. The Hall–Kier alpha value is -2.08. The first-order valence-corrected chi connectivity index (χ1v) is 7.41. The minimum Gasteiger partial charge on any atom is -0.370 e. The molecule has 0 spiro atoms. The van der Waals surface area contributed by atoms with E-state index in [0.717, 1.165) is 12.1 Å². The number of aliphatic imine (C=N–C) groups is 1. The summed E-state index contributed by atoms with van der Waals surface area (Å²) >= 11 is 0. The first kappa shape index (κ1) is 17.3. The lowest BCUT2D eigenvalue weighted by Crippen LogP contribution is -2.23.